The molecule has 2 unspecified atom stereocenters. The van der Waals surface area contributed by atoms with E-state index in [1.54, 1.807) is 0 Å². The quantitative estimate of drug-likeness (QED) is 0.445. The van der Waals surface area contributed by atoms with Crippen molar-refractivity contribution in [3.63, 3.8) is 0 Å². The highest BCUT2D eigenvalue weighted by Crippen LogP contribution is 2.54. The van der Waals surface area contributed by atoms with E-state index in [0.29, 0.717) is 5.92 Å². The molecule has 3 aliphatic rings. The van der Waals surface area contributed by atoms with Crippen LogP contribution in [0.1, 0.15) is 31.7 Å². The summed E-state index contributed by atoms with van der Waals surface area (Å²) in [6, 6.07) is 10.7. The van der Waals surface area contributed by atoms with Crippen LogP contribution in [0.3, 0.4) is 0 Å². The van der Waals surface area contributed by atoms with Crippen molar-refractivity contribution < 1.29 is 4.28 Å². The molecular weight excluding hydrogens is 276 g/mol. The van der Waals surface area contributed by atoms with E-state index in [1.165, 1.54) is 27.1 Å². The van der Waals surface area contributed by atoms with Crippen molar-refractivity contribution in [3.05, 3.63) is 35.9 Å². The van der Waals surface area contributed by atoms with Crippen LogP contribution in [0.5, 0.6) is 0 Å². The predicted octanol–water partition coefficient (Wildman–Crippen LogP) is 3.96. The Hall–Kier alpha value is -1.07. The zero-order valence-electron chi connectivity index (χ0n) is 10.8. The number of hydrogen-bond donors (Lipinski definition) is 0. The summed E-state index contributed by atoms with van der Waals surface area (Å²) in [5.74, 6) is 0.342. The Bertz CT molecular complexity index is 647. The Morgan fingerprint density at radius 2 is 2.11 bits per heavy atom. The van der Waals surface area contributed by atoms with Gasteiger partial charge >= 0.3 is 0 Å². The van der Waals surface area contributed by atoms with E-state index < -0.39 is 0 Å². The van der Waals surface area contributed by atoms with Gasteiger partial charge in [0.05, 0.1) is 21.6 Å². The first-order chi connectivity index (χ1) is 9.17. The Kier molecular flexibility index (Phi) is 2.45. The van der Waals surface area contributed by atoms with E-state index in [0.717, 1.165) is 12.1 Å². The molecule has 98 valence electrons. The van der Waals surface area contributed by atoms with Crippen LogP contribution in [0.25, 0.3) is 0 Å². The van der Waals surface area contributed by atoms with Gasteiger partial charge in [0.25, 0.3) is 0 Å². The summed E-state index contributed by atoms with van der Waals surface area (Å²) in [7, 11) is 1.25. The second-order valence-electron chi connectivity index (χ2n) is 5.74. The number of nitrogens with zero attached hydrogens (tertiary/aromatic N) is 2. The van der Waals surface area contributed by atoms with Crippen LogP contribution < -0.4 is 0 Å². The summed E-state index contributed by atoms with van der Waals surface area (Å²) in [5, 5.41) is 4.25. The van der Waals surface area contributed by atoms with Gasteiger partial charge in [0, 0.05) is 12.3 Å². The number of oxime groups is 1. The maximum atomic E-state index is 5.50. The molecule has 3 nitrogen and oxygen atoms in total. The SMILES string of the molecule is CC1(C)CC2=NOS3=C2C(=NS3)C1c1ccccc1. The van der Waals surface area contributed by atoms with Crippen LogP contribution in [-0.4, -0.2) is 16.3 Å². The Morgan fingerprint density at radius 3 is 2.89 bits per heavy atom. The van der Waals surface area contributed by atoms with Crippen molar-refractivity contribution in [2.45, 2.75) is 26.2 Å². The molecule has 0 saturated heterocycles. The molecule has 1 fully saturated rings. The van der Waals surface area contributed by atoms with Gasteiger partial charge in [-0.15, -0.1) is 0 Å². The largest absolute Gasteiger partial charge is 0.317 e. The molecule has 1 saturated carbocycles. The molecule has 4 rings (SSSR count). The van der Waals surface area contributed by atoms with E-state index >= 15 is 0 Å². The third-order valence-corrected chi connectivity index (χ3v) is 6.60. The molecule has 0 spiro atoms. The highest BCUT2D eigenvalue weighted by Gasteiger charge is 2.48. The van der Waals surface area contributed by atoms with Gasteiger partial charge in [-0.3, -0.25) is 0 Å². The first kappa shape index (κ1) is 11.7. The van der Waals surface area contributed by atoms with E-state index in [1.807, 2.05) is 0 Å². The Morgan fingerprint density at radius 1 is 1.32 bits per heavy atom. The van der Waals surface area contributed by atoms with Crippen LogP contribution in [0.15, 0.2) is 39.9 Å². The molecule has 1 aromatic carbocycles. The second kappa shape index (κ2) is 3.96. The highest BCUT2D eigenvalue weighted by atomic mass is 33.1. The van der Waals surface area contributed by atoms with Gasteiger partial charge in [-0.2, -0.15) is 0 Å². The van der Waals surface area contributed by atoms with Gasteiger partial charge < -0.3 is 4.28 Å². The molecule has 2 heterocycles. The van der Waals surface area contributed by atoms with Gasteiger partial charge in [-0.05, 0) is 11.0 Å². The monoisotopic (exact) mass is 290 g/mol. The average molecular weight is 290 g/mol. The van der Waals surface area contributed by atoms with Gasteiger partial charge in [-0.25, -0.2) is 4.40 Å². The molecule has 19 heavy (non-hydrogen) atoms. The standard InChI is InChI=1S/C14H14N2OS2/c1-14(2)8-10-13-12(16-18-19(13)17-15-10)11(14)9-6-4-3-5-7-9/h3-7,11H,8H2,1-2H3. The van der Waals surface area contributed by atoms with Crippen molar-refractivity contribution in [2.75, 3.05) is 0 Å². The molecule has 0 aromatic heterocycles. The fourth-order valence-corrected chi connectivity index (χ4v) is 5.87. The van der Waals surface area contributed by atoms with Gasteiger partial charge in [0.15, 0.2) is 0 Å². The Labute approximate surface area is 118 Å². The molecule has 5 heteroatoms. The predicted molar refractivity (Wildman–Crippen MR) is 83.7 cm³/mol. The van der Waals surface area contributed by atoms with Crippen LogP contribution >= 0.6 is 20.8 Å². The van der Waals surface area contributed by atoms with Crippen molar-refractivity contribution in [3.8, 4) is 0 Å². The molecule has 2 atom stereocenters. The van der Waals surface area contributed by atoms with Crippen LogP contribution in [0.2, 0.25) is 0 Å². The summed E-state index contributed by atoms with van der Waals surface area (Å²) < 4.78 is 10.2. The summed E-state index contributed by atoms with van der Waals surface area (Å²) in [5.41, 5.74) is 3.77. The molecule has 1 aromatic rings. The minimum Gasteiger partial charge on any atom is -0.317 e. The lowest BCUT2D eigenvalue weighted by atomic mass is 9.64. The number of benzene rings is 1. The molecule has 0 N–H and O–H groups in total. The maximum Gasteiger partial charge on any atom is 0.118 e. The average Bonchev–Trinajstić information content (AvgIpc) is 2.96. The summed E-state index contributed by atoms with van der Waals surface area (Å²) in [6.45, 7) is 4.60. The summed E-state index contributed by atoms with van der Waals surface area (Å²) >= 11 is 0. The minimum atomic E-state index is -0.278. The Balaban J connectivity index is 1.88. The topological polar surface area (TPSA) is 34.0 Å². The molecule has 0 radical (unpaired) electrons. The van der Waals surface area contributed by atoms with E-state index in [-0.39, 0.29) is 15.2 Å². The fourth-order valence-electron chi connectivity index (χ4n) is 3.11. The number of rotatable bonds is 1. The first-order valence-corrected chi connectivity index (χ1v) is 8.77. The van der Waals surface area contributed by atoms with E-state index in [9.17, 15) is 0 Å². The summed E-state index contributed by atoms with van der Waals surface area (Å²) in [6.07, 6.45) is 0.963. The lowest BCUT2D eigenvalue weighted by Crippen LogP contribution is -2.43. The molecule has 0 bridgehead atoms. The fraction of sp³-hybridized carbons (Fsp3) is 0.357. The van der Waals surface area contributed by atoms with Gasteiger partial charge in [0.1, 0.15) is 15.5 Å². The minimum absolute atomic E-state index is 0.121. The third kappa shape index (κ3) is 1.64. The lowest BCUT2D eigenvalue weighted by Gasteiger charge is -2.39. The van der Waals surface area contributed by atoms with Crippen molar-refractivity contribution in [1.82, 2.24) is 0 Å². The van der Waals surface area contributed by atoms with Gasteiger partial charge in [-0.1, -0.05) is 49.3 Å². The van der Waals surface area contributed by atoms with Crippen molar-refractivity contribution >= 4 is 37.1 Å². The molecular formula is C14H14N2OS2. The molecule has 0 amide bonds. The third-order valence-electron chi connectivity index (χ3n) is 3.89. The zero-order valence-corrected chi connectivity index (χ0v) is 12.4. The smallest absolute Gasteiger partial charge is 0.118 e. The van der Waals surface area contributed by atoms with Crippen LogP contribution in [-0.2, 0) is 4.28 Å². The van der Waals surface area contributed by atoms with E-state index in [2.05, 4.69) is 49.3 Å². The normalized spacial score (nSPS) is 30.5. The lowest BCUT2D eigenvalue weighted by molar-refractivity contribution is 0.346. The van der Waals surface area contributed by atoms with Crippen molar-refractivity contribution in [2.24, 2.45) is 15.0 Å². The zero-order chi connectivity index (χ0) is 13.0. The summed E-state index contributed by atoms with van der Waals surface area (Å²) in [4.78, 5) is 1.26. The number of hydrogen-bond acceptors (Lipinski definition) is 4. The first-order valence-electron chi connectivity index (χ1n) is 6.33. The molecule has 1 aliphatic carbocycles. The van der Waals surface area contributed by atoms with Crippen molar-refractivity contribution in [1.29, 1.82) is 0 Å². The van der Waals surface area contributed by atoms with Crippen LogP contribution in [0.4, 0.5) is 0 Å². The maximum absolute atomic E-state index is 5.50. The highest BCUT2D eigenvalue weighted by molar-refractivity contribution is 8.82. The molecule has 2 aliphatic heterocycles. The van der Waals surface area contributed by atoms with Gasteiger partial charge in [0.2, 0.25) is 0 Å². The van der Waals surface area contributed by atoms with E-state index in [4.69, 9.17) is 8.68 Å². The second-order valence-corrected chi connectivity index (χ2v) is 8.45. The van der Waals surface area contributed by atoms with Crippen LogP contribution in [0, 0.1) is 5.41 Å².